The number of hydrogen-bond donors (Lipinski definition) is 2. The van der Waals surface area contributed by atoms with Crippen LogP contribution in [0, 0.1) is 0 Å². The Balaban J connectivity index is 2.02. The Kier molecular flexibility index (Phi) is 2.12. The summed E-state index contributed by atoms with van der Waals surface area (Å²) in [6.07, 6.45) is 4.26. The average Bonchev–Trinajstić information content (AvgIpc) is 2.54. The van der Waals surface area contributed by atoms with Crippen molar-refractivity contribution in [3.63, 3.8) is 0 Å². The molecular weight excluding hydrogens is 166 g/mol. The van der Waals surface area contributed by atoms with Gasteiger partial charge in [0.1, 0.15) is 6.04 Å². The molecule has 0 aromatic carbocycles. The zero-order chi connectivity index (χ0) is 9.10. The predicted molar refractivity (Wildman–Crippen MR) is 49.3 cm³/mol. The van der Waals surface area contributed by atoms with E-state index in [1.54, 1.807) is 12.4 Å². The van der Waals surface area contributed by atoms with Crippen LogP contribution >= 0.6 is 0 Å². The minimum absolute atomic E-state index is 0.0730. The molecule has 1 aliphatic rings. The summed E-state index contributed by atoms with van der Waals surface area (Å²) >= 11 is 0. The second kappa shape index (κ2) is 3.43. The Labute approximate surface area is 76.4 Å². The summed E-state index contributed by atoms with van der Waals surface area (Å²) in [6, 6.07) is 3.65. The van der Waals surface area contributed by atoms with Crippen molar-refractivity contribution < 1.29 is 4.79 Å². The van der Waals surface area contributed by atoms with Crippen LogP contribution in [0.4, 0.5) is 5.69 Å². The fourth-order valence-corrected chi connectivity index (χ4v) is 1.38. The number of amides is 1. The van der Waals surface area contributed by atoms with Crippen molar-refractivity contribution in [1.29, 1.82) is 0 Å². The quantitative estimate of drug-likeness (QED) is 0.686. The maximum Gasteiger partial charge on any atom is 0.242 e. The van der Waals surface area contributed by atoms with Crippen LogP contribution < -0.4 is 10.6 Å². The van der Waals surface area contributed by atoms with Gasteiger partial charge in [0, 0.05) is 18.9 Å². The number of nitrogens with one attached hydrogen (secondary N) is 2. The molecule has 1 unspecified atom stereocenters. The molecule has 1 amide bonds. The second-order valence-electron chi connectivity index (χ2n) is 3.02. The molecule has 0 bridgehead atoms. The number of nitrogens with zero attached hydrogens (tertiary/aromatic N) is 1. The molecule has 1 aromatic heterocycles. The predicted octanol–water partition coefficient (Wildman–Crippen LogP) is 0.382. The molecule has 68 valence electrons. The van der Waals surface area contributed by atoms with Gasteiger partial charge in [0.2, 0.25) is 5.91 Å². The minimum Gasteiger partial charge on any atom is -0.372 e. The number of pyridine rings is 1. The van der Waals surface area contributed by atoms with E-state index in [-0.39, 0.29) is 11.9 Å². The maximum atomic E-state index is 11.2. The van der Waals surface area contributed by atoms with Gasteiger partial charge in [-0.25, -0.2) is 0 Å². The van der Waals surface area contributed by atoms with E-state index >= 15 is 0 Å². The zero-order valence-corrected chi connectivity index (χ0v) is 7.16. The van der Waals surface area contributed by atoms with Gasteiger partial charge in [0.25, 0.3) is 0 Å². The van der Waals surface area contributed by atoms with Gasteiger partial charge in [-0.2, -0.15) is 0 Å². The molecule has 13 heavy (non-hydrogen) atoms. The Hall–Kier alpha value is -1.58. The highest BCUT2D eigenvalue weighted by Gasteiger charge is 2.23. The number of aromatic nitrogens is 1. The van der Waals surface area contributed by atoms with Crippen molar-refractivity contribution in [2.45, 2.75) is 12.5 Å². The van der Waals surface area contributed by atoms with Crippen LogP contribution in [0.25, 0.3) is 0 Å². The highest BCUT2D eigenvalue weighted by atomic mass is 16.2. The van der Waals surface area contributed by atoms with E-state index in [9.17, 15) is 4.79 Å². The van der Waals surface area contributed by atoms with Crippen LogP contribution in [0.3, 0.4) is 0 Å². The first-order valence-corrected chi connectivity index (χ1v) is 4.30. The van der Waals surface area contributed by atoms with Gasteiger partial charge in [-0.3, -0.25) is 9.78 Å². The topological polar surface area (TPSA) is 54.0 Å². The molecule has 2 rings (SSSR count). The first-order valence-electron chi connectivity index (χ1n) is 4.30. The van der Waals surface area contributed by atoms with Gasteiger partial charge < -0.3 is 10.6 Å². The van der Waals surface area contributed by atoms with Crippen LogP contribution in [0.15, 0.2) is 24.5 Å². The average molecular weight is 177 g/mol. The maximum absolute atomic E-state index is 11.2. The van der Waals surface area contributed by atoms with E-state index in [0.29, 0.717) is 0 Å². The van der Waals surface area contributed by atoms with Crippen molar-refractivity contribution in [3.05, 3.63) is 24.5 Å². The lowest BCUT2D eigenvalue weighted by atomic mass is 10.2. The van der Waals surface area contributed by atoms with E-state index in [1.165, 1.54) is 0 Å². The Morgan fingerprint density at radius 3 is 3.15 bits per heavy atom. The summed E-state index contributed by atoms with van der Waals surface area (Å²) in [5, 5.41) is 5.88. The number of carbonyl (C=O) groups excluding carboxylic acids is 1. The van der Waals surface area contributed by atoms with E-state index in [1.807, 2.05) is 12.1 Å². The summed E-state index contributed by atoms with van der Waals surface area (Å²) in [6.45, 7) is 0.761. The fourth-order valence-electron chi connectivity index (χ4n) is 1.38. The van der Waals surface area contributed by atoms with Crippen molar-refractivity contribution in [1.82, 2.24) is 10.3 Å². The Morgan fingerprint density at radius 1 is 1.62 bits per heavy atom. The van der Waals surface area contributed by atoms with Gasteiger partial charge in [-0.1, -0.05) is 0 Å². The molecule has 2 heterocycles. The number of hydrogen-bond acceptors (Lipinski definition) is 3. The first-order chi connectivity index (χ1) is 6.36. The molecule has 0 spiro atoms. The molecule has 0 saturated carbocycles. The first kappa shape index (κ1) is 8.04. The number of anilines is 1. The molecule has 2 N–H and O–H groups in total. The Morgan fingerprint density at radius 2 is 2.54 bits per heavy atom. The van der Waals surface area contributed by atoms with E-state index < -0.39 is 0 Å². The van der Waals surface area contributed by atoms with Crippen molar-refractivity contribution >= 4 is 11.6 Å². The molecule has 4 heteroatoms. The molecular formula is C9H11N3O. The number of rotatable bonds is 2. The standard InChI is InChI=1S/C9H11N3O/c13-9-8(3-5-11-9)12-7-2-1-4-10-6-7/h1-2,4,6,8,12H,3,5H2,(H,11,13). The third kappa shape index (κ3) is 1.77. The van der Waals surface area contributed by atoms with Crippen molar-refractivity contribution in [2.24, 2.45) is 0 Å². The third-order valence-corrected chi connectivity index (χ3v) is 2.05. The minimum atomic E-state index is -0.0933. The molecule has 1 aliphatic heterocycles. The summed E-state index contributed by atoms with van der Waals surface area (Å²) in [5.41, 5.74) is 0.893. The van der Waals surface area contributed by atoms with E-state index in [4.69, 9.17) is 0 Å². The largest absolute Gasteiger partial charge is 0.372 e. The number of carbonyl (C=O) groups is 1. The summed E-state index contributed by atoms with van der Waals surface area (Å²) in [7, 11) is 0. The molecule has 0 radical (unpaired) electrons. The SMILES string of the molecule is O=C1NCCC1Nc1cccnc1. The summed E-state index contributed by atoms with van der Waals surface area (Å²) < 4.78 is 0. The van der Waals surface area contributed by atoms with E-state index in [2.05, 4.69) is 15.6 Å². The van der Waals surface area contributed by atoms with Gasteiger partial charge in [0.15, 0.2) is 0 Å². The lowest BCUT2D eigenvalue weighted by Crippen LogP contribution is -2.29. The second-order valence-corrected chi connectivity index (χ2v) is 3.02. The lowest BCUT2D eigenvalue weighted by molar-refractivity contribution is -0.119. The summed E-state index contributed by atoms with van der Waals surface area (Å²) in [5.74, 6) is 0.0730. The monoisotopic (exact) mass is 177 g/mol. The van der Waals surface area contributed by atoms with Crippen molar-refractivity contribution in [3.8, 4) is 0 Å². The Bertz CT molecular complexity index is 299. The highest BCUT2D eigenvalue weighted by molar-refractivity contribution is 5.86. The summed E-state index contributed by atoms with van der Waals surface area (Å²) in [4.78, 5) is 15.1. The normalized spacial score (nSPS) is 21.2. The van der Waals surface area contributed by atoms with Gasteiger partial charge in [-0.15, -0.1) is 0 Å². The van der Waals surface area contributed by atoms with Gasteiger partial charge in [0.05, 0.1) is 5.69 Å². The molecule has 1 aromatic rings. The molecule has 1 atom stereocenters. The van der Waals surface area contributed by atoms with Crippen molar-refractivity contribution in [2.75, 3.05) is 11.9 Å². The molecule has 1 saturated heterocycles. The smallest absolute Gasteiger partial charge is 0.242 e. The zero-order valence-electron chi connectivity index (χ0n) is 7.16. The van der Waals surface area contributed by atoms with Gasteiger partial charge in [-0.05, 0) is 18.6 Å². The molecule has 4 nitrogen and oxygen atoms in total. The molecule has 1 fully saturated rings. The molecule has 0 aliphatic carbocycles. The highest BCUT2D eigenvalue weighted by Crippen LogP contribution is 2.09. The third-order valence-electron chi connectivity index (χ3n) is 2.05. The fraction of sp³-hybridized carbons (Fsp3) is 0.333. The van der Waals surface area contributed by atoms with Crippen LogP contribution in [0.1, 0.15) is 6.42 Å². The van der Waals surface area contributed by atoms with Crippen LogP contribution in [-0.4, -0.2) is 23.5 Å². The lowest BCUT2D eigenvalue weighted by Gasteiger charge is -2.09. The van der Waals surface area contributed by atoms with Crippen LogP contribution in [-0.2, 0) is 4.79 Å². The van der Waals surface area contributed by atoms with Crippen LogP contribution in [0.5, 0.6) is 0 Å². The van der Waals surface area contributed by atoms with Gasteiger partial charge >= 0.3 is 0 Å². The van der Waals surface area contributed by atoms with Crippen LogP contribution in [0.2, 0.25) is 0 Å². The van der Waals surface area contributed by atoms with E-state index in [0.717, 1.165) is 18.7 Å².